The maximum atomic E-state index is 0. The summed E-state index contributed by atoms with van der Waals surface area (Å²) in [5.41, 5.74) is 0. The molecule has 0 rings (SSSR count). The molecule has 0 heterocycles. The normalized spacial score (nSPS) is 0. The van der Waals surface area contributed by atoms with E-state index in [2.05, 4.69) is 0 Å². The Morgan fingerprint density at radius 3 is 0.300 bits per heavy atom. The molecule has 0 saturated heterocycles. The zero-order valence-electron chi connectivity index (χ0n) is 4.49. The third-order valence-electron chi connectivity index (χ3n) is 0. The molecular formula is H12Cl3FeO6-. The van der Waals surface area contributed by atoms with Crippen LogP contribution in [0.3, 0.4) is 0 Å². The van der Waals surface area contributed by atoms with Crippen LogP contribution in [-0.2, 0) is 17.1 Å². The first kappa shape index (κ1) is 869. The summed E-state index contributed by atoms with van der Waals surface area (Å²) in [6, 6.07) is 0. The molecule has 0 saturated carbocycles. The second-order valence-electron chi connectivity index (χ2n) is 0. The smallest absolute Gasteiger partial charge is 1.00 e. The fourth-order valence-electron chi connectivity index (χ4n) is 0. The van der Waals surface area contributed by atoms with E-state index < -0.39 is 0 Å². The van der Waals surface area contributed by atoms with Gasteiger partial charge >= 0.3 is 17.1 Å². The van der Waals surface area contributed by atoms with E-state index in [1.165, 1.54) is 0 Å². The molecular weight excluding hydrogens is 258 g/mol. The molecule has 10 heavy (non-hydrogen) atoms. The van der Waals surface area contributed by atoms with E-state index in [9.17, 15) is 0 Å². The Morgan fingerprint density at radius 1 is 0.300 bits per heavy atom. The van der Waals surface area contributed by atoms with Gasteiger partial charge in [-0.1, -0.05) is 0 Å². The van der Waals surface area contributed by atoms with Crippen molar-refractivity contribution in [2.24, 2.45) is 0 Å². The van der Waals surface area contributed by atoms with E-state index in [1.807, 2.05) is 0 Å². The molecule has 0 spiro atoms. The maximum Gasteiger partial charge on any atom is 2.00 e. The summed E-state index contributed by atoms with van der Waals surface area (Å²) in [7, 11) is 0. The molecule has 0 aromatic heterocycles. The monoisotopic (exact) mass is 269 g/mol. The summed E-state index contributed by atoms with van der Waals surface area (Å²) in [5.74, 6) is 0. The quantitative estimate of drug-likeness (QED) is 0.378. The molecule has 10 heteroatoms. The number of hydrogen-bond acceptors (Lipinski definition) is 0. The van der Waals surface area contributed by atoms with E-state index in [0.717, 1.165) is 0 Å². The fourth-order valence-corrected chi connectivity index (χ4v) is 0. The van der Waals surface area contributed by atoms with E-state index in [4.69, 9.17) is 0 Å². The first-order chi connectivity index (χ1) is 0. The average molecular weight is 270 g/mol. The minimum Gasteiger partial charge on any atom is -1.00 e. The molecule has 12 N–H and O–H groups in total. The van der Waals surface area contributed by atoms with Gasteiger partial charge in [0.1, 0.15) is 0 Å². The van der Waals surface area contributed by atoms with Gasteiger partial charge in [-0.25, -0.2) is 0 Å². The van der Waals surface area contributed by atoms with Gasteiger partial charge in [0, 0.05) is 0 Å². The second-order valence-corrected chi connectivity index (χ2v) is 0. The summed E-state index contributed by atoms with van der Waals surface area (Å²) in [6.07, 6.45) is 0. The first-order valence-corrected chi connectivity index (χ1v) is 0. The van der Waals surface area contributed by atoms with Crippen molar-refractivity contribution in [3.8, 4) is 0 Å². The van der Waals surface area contributed by atoms with Crippen LogP contribution in [0.4, 0.5) is 0 Å². The van der Waals surface area contributed by atoms with Gasteiger partial charge in [0.05, 0.1) is 0 Å². The van der Waals surface area contributed by atoms with Gasteiger partial charge in [0.2, 0.25) is 0 Å². The molecule has 0 amide bonds. The minimum atomic E-state index is 0. The Balaban J connectivity index is 0. The summed E-state index contributed by atoms with van der Waals surface area (Å²) in [6.45, 7) is 0. The Labute approximate surface area is 87.3 Å². The molecule has 0 bridgehead atoms. The van der Waals surface area contributed by atoms with Gasteiger partial charge in [-0.2, -0.15) is 0 Å². The van der Waals surface area contributed by atoms with Gasteiger partial charge in [0.15, 0.2) is 0 Å². The number of halogens is 3. The third-order valence-corrected chi connectivity index (χ3v) is 0. The predicted molar refractivity (Wildman–Crippen MR) is 21.7 cm³/mol. The average Bonchev–Trinajstić information content (AvgIpc) is 0. The Kier molecular flexibility index (Phi) is 55900. The predicted octanol–water partition coefficient (Wildman–Crippen LogP) is -13.9. The van der Waals surface area contributed by atoms with Gasteiger partial charge < -0.3 is 70.1 Å². The van der Waals surface area contributed by atoms with E-state index >= 15 is 0 Å². The van der Waals surface area contributed by atoms with Gasteiger partial charge in [-0.05, 0) is 0 Å². The fraction of sp³-hybridized carbons (Fsp3) is 0. The first-order valence-electron chi connectivity index (χ1n) is 0. The van der Waals surface area contributed by atoms with Crippen molar-refractivity contribution in [2.45, 2.75) is 0 Å². The van der Waals surface area contributed by atoms with Gasteiger partial charge in [-0.3, -0.25) is 0 Å². The molecule has 78 valence electrons. The van der Waals surface area contributed by atoms with Crippen LogP contribution in [-0.4, -0.2) is 32.9 Å². The van der Waals surface area contributed by atoms with Crippen LogP contribution < -0.4 is 37.2 Å². The summed E-state index contributed by atoms with van der Waals surface area (Å²) in [5, 5.41) is 0. The molecule has 0 aliphatic rings. The third kappa shape index (κ3) is 460. The van der Waals surface area contributed by atoms with Crippen molar-refractivity contribution in [1.82, 2.24) is 0 Å². The SMILES string of the molecule is O.O.O.O.O.O.[Cl-].[Cl-].[Cl-].[Fe+2]. The van der Waals surface area contributed by atoms with E-state index in [1.54, 1.807) is 0 Å². The van der Waals surface area contributed by atoms with Crippen LogP contribution >= 0.6 is 0 Å². The van der Waals surface area contributed by atoms with Crippen LogP contribution in [0.5, 0.6) is 0 Å². The van der Waals surface area contributed by atoms with Crippen molar-refractivity contribution in [3.63, 3.8) is 0 Å². The molecule has 6 nitrogen and oxygen atoms in total. The number of rotatable bonds is 0. The van der Waals surface area contributed by atoms with E-state index in [-0.39, 0.29) is 87.1 Å². The van der Waals surface area contributed by atoms with Crippen LogP contribution in [0.1, 0.15) is 0 Å². The van der Waals surface area contributed by atoms with Crippen molar-refractivity contribution >= 4 is 0 Å². The van der Waals surface area contributed by atoms with Crippen LogP contribution in [0, 0.1) is 0 Å². The summed E-state index contributed by atoms with van der Waals surface area (Å²) < 4.78 is 0. The van der Waals surface area contributed by atoms with Crippen LogP contribution in [0.25, 0.3) is 0 Å². The molecule has 0 aliphatic carbocycles. The van der Waals surface area contributed by atoms with Crippen molar-refractivity contribution in [2.75, 3.05) is 0 Å². The van der Waals surface area contributed by atoms with Gasteiger partial charge in [-0.15, -0.1) is 0 Å². The molecule has 0 atom stereocenters. The molecule has 0 radical (unpaired) electrons. The maximum absolute atomic E-state index is 0. The Morgan fingerprint density at radius 2 is 0.300 bits per heavy atom. The van der Waals surface area contributed by atoms with Gasteiger partial charge in [0.25, 0.3) is 0 Å². The minimum absolute atomic E-state index is 0. The topological polar surface area (TPSA) is 189 Å². The van der Waals surface area contributed by atoms with Crippen molar-refractivity contribution in [3.05, 3.63) is 0 Å². The number of hydrogen-bond donors (Lipinski definition) is 0. The molecule has 0 unspecified atom stereocenters. The molecule has 0 aliphatic heterocycles. The van der Waals surface area contributed by atoms with Crippen molar-refractivity contribution in [1.29, 1.82) is 0 Å². The van der Waals surface area contributed by atoms with Crippen molar-refractivity contribution < 1.29 is 87.1 Å². The standard InChI is InChI=1S/3ClH.Fe.6H2O/h3*1H;;6*1H2/q;;;+2;;;;;;/p-3. The zero-order chi connectivity index (χ0) is 0. The zero-order valence-corrected chi connectivity index (χ0v) is 7.86. The second kappa shape index (κ2) is 643. The largest absolute Gasteiger partial charge is 2.00 e. The molecule has 0 fully saturated rings. The molecule has 0 aromatic carbocycles. The van der Waals surface area contributed by atoms with Crippen LogP contribution in [0.2, 0.25) is 0 Å². The van der Waals surface area contributed by atoms with E-state index in [0.29, 0.717) is 0 Å². The van der Waals surface area contributed by atoms with Crippen LogP contribution in [0.15, 0.2) is 0 Å². The summed E-state index contributed by atoms with van der Waals surface area (Å²) in [4.78, 5) is 0. The summed E-state index contributed by atoms with van der Waals surface area (Å²) >= 11 is 0. The molecule has 0 aromatic rings. The Hall–Kier alpha value is 1.15. The Bertz CT molecular complexity index is 13.0.